The van der Waals surface area contributed by atoms with Gasteiger partial charge in [0, 0.05) is 24.2 Å². The van der Waals surface area contributed by atoms with E-state index in [9.17, 15) is 9.18 Å². The lowest BCUT2D eigenvalue weighted by Gasteiger charge is -2.30. The Labute approximate surface area is 201 Å². The van der Waals surface area contributed by atoms with Crippen LogP contribution >= 0.6 is 0 Å². The van der Waals surface area contributed by atoms with Crippen LogP contribution in [0.5, 0.6) is 11.6 Å². The van der Waals surface area contributed by atoms with E-state index in [4.69, 9.17) is 9.47 Å². The number of carbonyl (C=O) groups is 1. The first-order chi connectivity index (χ1) is 16.3. The monoisotopic (exact) mass is 463 g/mol. The smallest absolute Gasteiger partial charge is 0.263 e. The van der Waals surface area contributed by atoms with E-state index in [1.807, 2.05) is 62.4 Å². The summed E-state index contributed by atoms with van der Waals surface area (Å²) in [5.41, 5.74) is 2.16. The molecule has 0 spiro atoms. The number of alkyl halides is 1. The van der Waals surface area contributed by atoms with Gasteiger partial charge in [0.1, 0.15) is 19.0 Å². The molecule has 5 nitrogen and oxygen atoms in total. The Balaban J connectivity index is 1.72. The Bertz CT molecular complexity index is 1040. The summed E-state index contributed by atoms with van der Waals surface area (Å²) in [7, 11) is 0. The summed E-state index contributed by atoms with van der Waals surface area (Å²) in [5, 5.41) is 3.15. The van der Waals surface area contributed by atoms with Gasteiger partial charge in [-0.1, -0.05) is 48.5 Å². The summed E-state index contributed by atoms with van der Waals surface area (Å²) < 4.78 is 23.6. The second-order valence-corrected chi connectivity index (χ2v) is 8.95. The van der Waals surface area contributed by atoms with E-state index in [0.717, 1.165) is 23.1 Å². The molecule has 180 valence electrons. The minimum absolute atomic E-state index is 0.0380. The molecule has 3 aromatic rings. The Morgan fingerprint density at radius 3 is 2.38 bits per heavy atom. The van der Waals surface area contributed by atoms with E-state index in [0.29, 0.717) is 11.6 Å². The fraction of sp³-hybridized carbons (Fsp3) is 0.357. The fourth-order valence-electron chi connectivity index (χ4n) is 3.72. The summed E-state index contributed by atoms with van der Waals surface area (Å²) in [4.78, 5) is 17.4. The van der Waals surface area contributed by atoms with Crippen molar-refractivity contribution < 1.29 is 18.7 Å². The van der Waals surface area contributed by atoms with E-state index >= 15 is 0 Å². The molecule has 0 aliphatic carbocycles. The van der Waals surface area contributed by atoms with Crippen LogP contribution in [0.15, 0.2) is 72.9 Å². The maximum atomic E-state index is 13.2. The van der Waals surface area contributed by atoms with Gasteiger partial charge >= 0.3 is 0 Å². The summed E-state index contributed by atoms with van der Waals surface area (Å²) in [6.45, 7) is 6.97. The molecule has 0 fully saturated rings. The standard InChI is InChI=1S/C28H33FN2O3/c1-20-10-15-26(30-19-20)34-28(3,4)27(32)31-21(2)25(23-8-6-5-7-9-23)18-22-11-13-24(14-12-22)33-17-16-29/h5-15,19,21,25H,16-18H2,1-4H3,(H,31,32)/t21-,25+/m0/s1/i29-1. The lowest BCUT2D eigenvalue weighted by molar-refractivity contribution is -0.135. The Morgan fingerprint density at radius 2 is 1.76 bits per heavy atom. The lowest BCUT2D eigenvalue weighted by Crippen LogP contribution is -2.51. The molecule has 2 atom stereocenters. The Morgan fingerprint density at radius 1 is 1.06 bits per heavy atom. The predicted octanol–water partition coefficient (Wildman–Crippen LogP) is 5.43. The molecule has 2 aromatic carbocycles. The van der Waals surface area contributed by atoms with Crippen LogP contribution in [0, 0.1) is 6.92 Å². The molecule has 0 saturated carbocycles. The number of benzene rings is 2. The molecule has 0 saturated heterocycles. The van der Waals surface area contributed by atoms with Gasteiger partial charge in [-0.05, 0) is 62.9 Å². The normalized spacial score (nSPS) is 13.1. The third kappa shape index (κ3) is 7.04. The molecule has 0 aliphatic heterocycles. The van der Waals surface area contributed by atoms with Crippen molar-refractivity contribution in [3.05, 3.63) is 89.6 Å². The summed E-state index contributed by atoms with van der Waals surface area (Å²) in [6, 6.07) is 21.3. The van der Waals surface area contributed by atoms with E-state index < -0.39 is 12.3 Å². The quantitative estimate of drug-likeness (QED) is 0.412. The number of carbonyl (C=O) groups excluding carboxylic acids is 1. The van der Waals surface area contributed by atoms with E-state index in [2.05, 4.69) is 22.4 Å². The third-order valence-electron chi connectivity index (χ3n) is 5.71. The molecule has 0 aliphatic rings. The molecule has 1 amide bonds. The van der Waals surface area contributed by atoms with Crippen molar-refractivity contribution in [2.24, 2.45) is 0 Å². The van der Waals surface area contributed by atoms with Gasteiger partial charge in [0.05, 0.1) is 0 Å². The van der Waals surface area contributed by atoms with Crippen LogP contribution in [0.3, 0.4) is 0 Å². The van der Waals surface area contributed by atoms with Crippen LogP contribution in [0.2, 0.25) is 0 Å². The van der Waals surface area contributed by atoms with Gasteiger partial charge in [-0.25, -0.2) is 9.37 Å². The van der Waals surface area contributed by atoms with E-state index in [1.54, 1.807) is 26.1 Å². The minimum atomic E-state index is -1.09. The van der Waals surface area contributed by atoms with Crippen LogP contribution in [0.25, 0.3) is 0 Å². The first kappa shape index (κ1) is 25.2. The van der Waals surface area contributed by atoms with Gasteiger partial charge in [-0.15, -0.1) is 0 Å². The number of hydrogen-bond acceptors (Lipinski definition) is 4. The van der Waals surface area contributed by atoms with Crippen LogP contribution in [0.1, 0.15) is 43.4 Å². The van der Waals surface area contributed by atoms with Crippen LogP contribution in [0.4, 0.5) is 4.39 Å². The molecular weight excluding hydrogens is 430 g/mol. The summed E-state index contributed by atoms with van der Waals surface area (Å²) >= 11 is 0. The molecule has 34 heavy (non-hydrogen) atoms. The Hall–Kier alpha value is -3.41. The van der Waals surface area contributed by atoms with Crippen LogP contribution in [-0.4, -0.2) is 35.8 Å². The second kappa shape index (κ2) is 11.6. The van der Waals surface area contributed by atoms with E-state index in [1.165, 1.54) is 0 Å². The zero-order valence-corrected chi connectivity index (χ0v) is 20.3. The average Bonchev–Trinajstić information content (AvgIpc) is 2.83. The highest BCUT2D eigenvalue weighted by molar-refractivity contribution is 5.85. The van der Waals surface area contributed by atoms with Gasteiger partial charge in [-0.2, -0.15) is 0 Å². The highest BCUT2D eigenvalue weighted by atomic mass is 18.2. The molecule has 1 N–H and O–H groups in total. The van der Waals surface area contributed by atoms with Crippen molar-refractivity contribution in [2.45, 2.75) is 51.7 Å². The first-order valence-electron chi connectivity index (χ1n) is 11.5. The van der Waals surface area contributed by atoms with Gasteiger partial charge in [0.15, 0.2) is 5.60 Å². The Kier molecular flexibility index (Phi) is 8.63. The van der Waals surface area contributed by atoms with E-state index in [-0.39, 0.29) is 24.5 Å². The SMILES string of the molecule is Cc1ccc(OC(C)(C)C(=O)N[C@@H](C)[C@@H](Cc2ccc(OCC[18F])cc2)c2ccccc2)nc1. The maximum absolute atomic E-state index is 13.2. The molecule has 0 unspecified atom stereocenters. The molecule has 3 rings (SSSR count). The number of nitrogens with one attached hydrogen (secondary N) is 1. The predicted molar refractivity (Wildman–Crippen MR) is 132 cm³/mol. The fourth-order valence-corrected chi connectivity index (χ4v) is 3.72. The van der Waals surface area contributed by atoms with Crippen molar-refractivity contribution in [3.8, 4) is 11.6 Å². The van der Waals surface area contributed by atoms with Crippen molar-refractivity contribution in [1.82, 2.24) is 10.3 Å². The van der Waals surface area contributed by atoms with Crippen LogP contribution in [-0.2, 0) is 11.2 Å². The first-order valence-corrected chi connectivity index (χ1v) is 11.5. The number of aryl methyl sites for hydroxylation is 1. The molecule has 6 heteroatoms. The number of amides is 1. The van der Waals surface area contributed by atoms with Crippen molar-refractivity contribution in [2.75, 3.05) is 13.3 Å². The number of aromatic nitrogens is 1. The third-order valence-corrected chi connectivity index (χ3v) is 5.71. The van der Waals surface area contributed by atoms with Gasteiger partial charge in [-0.3, -0.25) is 4.79 Å². The molecule has 1 heterocycles. The molecule has 0 bridgehead atoms. The van der Waals surface area contributed by atoms with Crippen molar-refractivity contribution in [1.29, 1.82) is 0 Å². The number of ether oxygens (including phenoxy) is 2. The minimum Gasteiger partial charge on any atom is -0.491 e. The number of hydrogen-bond donors (Lipinski definition) is 1. The van der Waals surface area contributed by atoms with Gasteiger partial charge in [0.25, 0.3) is 5.91 Å². The molecule has 1 aromatic heterocycles. The van der Waals surface area contributed by atoms with Crippen molar-refractivity contribution in [3.63, 3.8) is 0 Å². The lowest BCUT2D eigenvalue weighted by atomic mass is 9.86. The highest BCUT2D eigenvalue weighted by Crippen LogP contribution is 2.26. The zero-order valence-electron chi connectivity index (χ0n) is 20.3. The maximum Gasteiger partial charge on any atom is 0.263 e. The highest BCUT2D eigenvalue weighted by Gasteiger charge is 2.33. The second-order valence-electron chi connectivity index (χ2n) is 8.95. The van der Waals surface area contributed by atoms with Gasteiger partial charge < -0.3 is 14.8 Å². The number of rotatable bonds is 11. The topological polar surface area (TPSA) is 60.5 Å². The number of pyridine rings is 1. The number of halogens is 1. The molecular formula is C28H33FN2O3. The largest absolute Gasteiger partial charge is 0.491 e. The summed E-state index contributed by atoms with van der Waals surface area (Å²) in [5.74, 6) is 0.880. The van der Waals surface area contributed by atoms with Crippen LogP contribution < -0.4 is 14.8 Å². The number of nitrogens with zero attached hydrogens (tertiary/aromatic N) is 1. The zero-order chi connectivity index (χ0) is 24.6. The van der Waals surface area contributed by atoms with Crippen molar-refractivity contribution >= 4 is 5.91 Å². The average molecular weight is 464 g/mol. The molecule has 0 radical (unpaired) electrons. The summed E-state index contributed by atoms with van der Waals surface area (Å²) in [6.07, 6.45) is 2.43. The van der Waals surface area contributed by atoms with Gasteiger partial charge in [0.2, 0.25) is 5.88 Å².